The third kappa shape index (κ3) is 2.96. The van der Waals surface area contributed by atoms with Crippen molar-refractivity contribution in [2.24, 2.45) is 0 Å². The Kier molecular flexibility index (Phi) is 5.22. The van der Waals surface area contributed by atoms with Crippen molar-refractivity contribution in [3.8, 4) is 0 Å². The van der Waals surface area contributed by atoms with Crippen LogP contribution in [0.25, 0.3) is 0 Å². The molecule has 1 atom stereocenters. The Morgan fingerprint density at radius 3 is 2.00 bits per heavy atom. The van der Waals surface area contributed by atoms with E-state index in [1.165, 1.54) is 0 Å². The molecule has 0 aliphatic carbocycles. The first-order chi connectivity index (χ1) is 5.46. The van der Waals surface area contributed by atoms with Gasteiger partial charge in [0.1, 0.15) is 0 Å². The second kappa shape index (κ2) is 5.10. The molecule has 1 unspecified atom stereocenters. The van der Waals surface area contributed by atoms with Gasteiger partial charge in [-0.15, -0.1) is 0 Å². The van der Waals surface area contributed by atoms with Crippen LogP contribution in [0.15, 0.2) is 24.8 Å². The van der Waals surface area contributed by atoms with E-state index >= 15 is 0 Å². The Morgan fingerprint density at radius 2 is 1.75 bits per heavy atom. The van der Waals surface area contributed by atoms with Crippen LogP contribution in [0.5, 0.6) is 0 Å². The Morgan fingerprint density at radius 1 is 1.25 bits per heavy atom. The predicted octanol–water partition coefficient (Wildman–Crippen LogP) is 4.24. The SMILES string of the molecule is C=C[CH](/C=C/C)[Sn]([CH3])([CH3])[CH](C)C. The van der Waals surface area contributed by atoms with Crippen LogP contribution in [0.4, 0.5) is 0 Å². The van der Waals surface area contributed by atoms with Crippen molar-refractivity contribution in [1.82, 2.24) is 0 Å². The first kappa shape index (κ1) is 12.3. The summed E-state index contributed by atoms with van der Waals surface area (Å²) in [5, 5.41) is 0. The summed E-state index contributed by atoms with van der Waals surface area (Å²) in [6.45, 7) is 10.7. The molecule has 1 heteroatoms. The Labute approximate surface area is 81.6 Å². The van der Waals surface area contributed by atoms with Crippen LogP contribution in [0, 0.1) is 0 Å². The standard InChI is InChI=1S/C6H9.C3H7.2CH3.Sn/c1-3-5-6-4-2;1-3-2;;;/h3-6H,1H2,2H3;3H,1-2H3;2*1H3;/b6-4+;;;;. The summed E-state index contributed by atoms with van der Waals surface area (Å²) in [7, 11) is 0. The molecule has 0 N–H and O–H groups in total. The monoisotopic (exact) mass is 274 g/mol. The summed E-state index contributed by atoms with van der Waals surface area (Å²) in [5.41, 5.74) is 0. The molecule has 0 aromatic rings. The molecule has 0 radical (unpaired) electrons. The Bertz CT molecular complexity index is 166. The maximum atomic E-state index is 3.93. The van der Waals surface area contributed by atoms with Gasteiger partial charge in [0.25, 0.3) is 0 Å². The second-order valence-corrected chi connectivity index (χ2v) is 19.9. The van der Waals surface area contributed by atoms with Crippen molar-refractivity contribution in [1.29, 1.82) is 0 Å². The van der Waals surface area contributed by atoms with Crippen molar-refractivity contribution >= 4 is 18.4 Å². The quantitative estimate of drug-likeness (QED) is 0.531. The van der Waals surface area contributed by atoms with E-state index < -0.39 is 18.4 Å². The van der Waals surface area contributed by atoms with E-state index in [4.69, 9.17) is 0 Å². The molecule has 0 saturated heterocycles. The first-order valence-corrected chi connectivity index (χ1v) is 13.7. The van der Waals surface area contributed by atoms with Gasteiger partial charge in [0.2, 0.25) is 0 Å². The van der Waals surface area contributed by atoms with Crippen LogP contribution >= 0.6 is 0 Å². The number of rotatable bonds is 4. The van der Waals surface area contributed by atoms with Gasteiger partial charge in [-0.1, -0.05) is 0 Å². The molecule has 0 aliphatic rings. The molecule has 0 aromatic heterocycles. The number of hydrogen-bond acceptors (Lipinski definition) is 0. The van der Waals surface area contributed by atoms with Gasteiger partial charge in [0, 0.05) is 0 Å². The topological polar surface area (TPSA) is 0 Å². The molecule has 0 fully saturated rings. The normalized spacial score (nSPS) is 15.5. The molecule has 0 amide bonds. The van der Waals surface area contributed by atoms with Crippen molar-refractivity contribution in [3.05, 3.63) is 24.8 Å². The van der Waals surface area contributed by atoms with E-state index in [9.17, 15) is 0 Å². The zero-order valence-corrected chi connectivity index (χ0v) is 11.9. The zero-order valence-electron chi connectivity index (χ0n) is 9.09. The Hall–Kier alpha value is 0.279. The van der Waals surface area contributed by atoms with Crippen LogP contribution in [0.3, 0.4) is 0 Å². The predicted molar refractivity (Wildman–Crippen MR) is 61.3 cm³/mol. The van der Waals surface area contributed by atoms with Gasteiger partial charge in [0.05, 0.1) is 0 Å². The molecule has 0 nitrogen and oxygen atoms in total. The summed E-state index contributed by atoms with van der Waals surface area (Å²) in [6, 6.07) is 0. The summed E-state index contributed by atoms with van der Waals surface area (Å²) < 4.78 is 1.59. The molecule has 0 bridgehead atoms. The van der Waals surface area contributed by atoms with E-state index in [2.05, 4.69) is 55.5 Å². The van der Waals surface area contributed by atoms with Crippen LogP contribution in [0.2, 0.25) is 17.7 Å². The van der Waals surface area contributed by atoms with Gasteiger partial charge in [-0.05, 0) is 0 Å². The summed E-state index contributed by atoms with van der Waals surface area (Å²) in [6.07, 6.45) is 6.62. The fourth-order valence-electron chi connectivity index (χ4n) is 1.22. The summed E-state index contributed by atoms with van der Waals surface area (Å²) in [4.78, 5) is 5.01. The zero-order chi connectivity index (χ0) is 9.78. The maximum absolute atomic E-state index is 3.93. The minimum absolute atomic E-state index is 0.698. The van der Waals surface area contributed by atoms with Gasteiger partial charge in [-0.2, -0.15) is 0 Å². The molecule has 0 aliphatic heterocycles. The van der Waals surface area contributed by atoms with E-state index in [1.54, 1.807) is 0 Å². The fourth-order valence-corrected chi connectivity index (χ4v) is 7.12. The summed E-state index contributed by atoms with van der Waals surface area (Å²) >= 11 is -1.88. The minimum atomic E-state index is -1.88. The number of allylic oxidation sites excluding steroid dienone is 3. The van der Waals surface area contributed by atoms with Crippen molar-refractivity contribution in [3.63, 3.8) is 0 Å². The van der Waals surface area contributed by atoms with E-state index in [0.29, 0.717) is 3.93 Å². The number of hydrogen-bond donors (Lipinski definition) is 0. The van der Waals surface area contributed by atoms with Gasteiger partial charge < -0.3 is 0 Å². The molecular formula is C11H22Sn. The molecule has 0 saturated carbocycles. The Balaban J connectivity index is 4.58. The van der Waals surface area contributed by atoms with E-state index in [1.807, 2.05) is 0 Å². The van der Waals surface area contributed by atoms with Crippen LogP contribution in [-0.4, -0.2) is 18.4 Å². The fraction of sp³-hybridized carbons (Fsp3) is 0.636. The van der Waals surface area contributed by atoms with Gasteiger partial charge in [-0.25, -0.2) is 0 Å². The average molecular weight is 273 g/mol. The molecule has 0 aromatic carbocycles. The van der Waals surface area contributed by atoms with E-state index in [-0.39, 0.29) is 0 Å². The summed E-state index contributed by atoms with van der Waals surface area (Å²) in [5.74, 6) is 0. The van der Waals surface area contributed by atoms with Gasteiger partial charge >= 0.3 is 81.7 Å². The molecule has 0 rings (SSSR count). The van der Waals surface area contributed by atoms with Crippen LogP contribution in [-0.2, 0) is 0 Å². The van der Waals surface area contributed by atoms with Crippen LogP contribution in [0.1, 0.15) is 20.8 Å². The molecule has 12 heavy (non-hydrogen) atoms. The molecule has 70 valence electrons. The second-order valence-electron chi connectivity index (χ2n) is 4.26. The van der Waals surface area contributed by atoms with Gasteiger partial charge in [-0.3, -0.25) is 0 Å². The molecule has 0 heterocycles. The molecular weight excluding hydrogens is 251 g/mol. The molecule has 0 spiro atoms. The van der Waals surface area contributed by atoms with Crippen LogP contribution < -0.4 is 0 Å². The van der Waals surface area contributed by atoms with Gasteiger partial charge in [0.15, 0.2) is 0 Å². The van der Waals surface area contributed by atoms with E-state index in [0.717, 1.165) is 3.93 Å². The van der Waals surface area contributed by atoms with Crippen molar-refractivity contribution in [2.45, 2.75) is 38.5 Å². The average Bonchev–Trinajstić information content (AvgIpc) is 1.99. The van der Waals surface area contributed by atoms with Crippen molar-refractivity contribution in [2.75, 3.05) is 0 Å². The van der Waals surface area contributed by atoms with Crippen molar-refractivity contribution < 1.29 is 0 Å². The third-order valence-corrected chi connectivity index (χ3v) is 17.6. The first-order valence-electron chi connectivity index (χ1n) is 4.72. The third-order valence-electron chi connectivity index (χ3n) is 3.00.